The van der Waals surface area contributed by atoms with E-state index in [0.717, 1.165) is 43.6 Å². The number of rotatable bonds is 3. The van der Waals surface area contributed by atoms with Gasteiger partial charge < -0.3 is 24.3 Å². The first kappa shape index (κ1) is 18.7. The lowest BCUT2D eigenvalue weighted by atomic mass is 9.96. The fourth-order valence-corrected chi connectivity index (χ4v) is 5.33. The van der Waals surface area contributed by atoms with Crippen LogP contribution in [0.25, 0.3) is 43.6 Å². The molecule has 7 nitrogen and oxygen atoms in total. The zero-order chi connectivity index (χ0) is 22.1. The van der Waals surface area contributed by atoms with Gasteiger partial charge in [-0.2, -0.15) is 5.26 Å². The summed E-state index contributed by atoms with van der Waals surface area (Å²) in [6.45, 7) is 0.496. The van der Waals surface area contributed by atoms with Crippen LogP contribution < -0.4 is 10.1 Å². The number of aliphatic hydroxyl groups is 1. The van der Waals surface area contributed by atoms with Gasteiger partial charge in [-0.05, 0) is 24.3 Å². The van der Waals surface area contributed by atoms with Crippen LogP contribution in [0, 0.1) is 11.3 Å². The van der Waals surface area contributed by atoms with Crippen molar-refractivity contribution >= 4 is 49.5 Å². The third-order valence-corrected chi connectivity index (χ3v) is 6.61. The van der Waals surface area contributed by atoms with Crippen molar-refractivity contribution in [3.05, 3.63) is 53.6 Å². The normalized spacial score (nSPS) is 15.6. The predicted molar refractivity (Wildman–Crippen MR) is 123 cm³/mol. The summed E-state index contributed by atoms with van der Waals surface area (Å²) in [7, 11) is 3.61. The maximum Gasteiger partial charge on any atom is 0.254 e. The summed E-state index contributed by atoms with van der Waals surface area (Å²) in [5.41, 5.74) is 4.86. The Morgan fingerprint density at radius 1 is 1.12 bits per heavy atom. The summed E-state index contributed by atoms with van der Waals surface area (Å²) < 4.78 is 9.71. The van der Waals surface area contributed by atoms with Crippen molar-refractivity contribution in [2.45, 2.75) is 19.2 Å². The number of aryl methyl sites for hydroxylation is 2. The topological polar surface area (TPSA) is 92.2 Å². The van der Waals surface area contributed by atoms with Crippen molar-refractivity contribution in [1.29, 1.82) is 5.26 Å². The Kier molecular flexibility index (Phi) is 3.80. The predicted octanol–water partition coefficient (Wildman–Crippen LogP) is 4.10. The van der Waals surface area contributed by atoms with Crippen LogP contribution in [0.4, 0.5) is 0 Å². The van der Waals surface area contributed by atoms with Gasteiger partial charge in [0.25, 0.3) is 5.91 Å². The minimum Gasteiger partial charge on any atom is -0.497 e. The van der Waals surface area contributed by atoms with Gasteiger partial charge in [0.15, 0.2) is 6.23 Å². The molecule has 1 amide bonds. The Hall–Kier alpha value is -4.02. The number of ether oxygens (including phenoxy) is 1. The number of fused-ring (bicyclic) bond motifs is 10. The Bertz CT molecular complexity index is 1650. The van der Waals surface area contributed by atoms with Crippen LogP contribution >= 0.6 is 0 Å². The van der Waals surface area contributed by atoms with Crippen LogP contribution in [0.5, 0.6) is 5.75 Å². The molecular formula is C25H20N4O3. The SMILES string of the molecule is COc1ccc2c(c1)c1c3c(c4c5ccccc5n(C)c4c1n2CCC#N)C(=O)NC3O. The van der Waals surface area contributed by atoms with Gasteiger partial charge in [0, 0.05) is 51.7 Å². The molecular weight excluding hydrogens is 404 g/mol. The molecule has 1 aliphatic rings. The molecule has 2 aromatic heterocycles. The number of hydrogen-bond acceptors (Lipinski definition) is 4. The monoisotopic (exact) mass is 424 g/mol. The number of hydrogen-bond donors (Lipinski definition) is 2. The van der Waals surface area contributed by atoms with Gasteiger partial charge in [0.05, 0.1) is 36.2 Å². The van der Waals surface area contributed by atoms with Crippen LogP contribution in [0.3, 0.4) is 0 Å². The van der Waals surface area contributed by atoms with E-state index in [-0.39, 0.29) is 5.91 Å². The van der Waals surface area contributed by atoms with Crippen LogP contribution in [0.15, 0.2) is 42.5 Å². The van der Waals surface area contributed by atoms with Crippen LogP contribution in [0.1, 0.15) is 28.6 Å². The average molecular weight is 424 g/mol. The third-order valence-electron chi connectivity index (χ3n) is 6.61. The third kappa shape index (κ3) is 2.19. The molecule has 6 rings (SSSR count). The minimum atomic E-state index is -1.11. The highest BCUT2D eigenvalue weighted by atomic mass is 16.5. The maximum atomic E-state index is 13.1. The van der Waals surface area contributed by atoms with E-state index in [2.05, 4.69) is 20.5 Å². The van der Waals surface area contributed by atoms with Crippen molar-refractivity contribution in [1.82, 2.24) is 14.5 Å². The largest absolute Gasteiger partial charge is 0.497 e. The molecule has 0 spiro atoms. The molecule has 5 aromatic rings. The molecule has 0 aliphatic carbocycles. The summed E-state index contributed by atoms with van der Waals surface area (Å²) in [6.07, 6.45) is -0.766. The summed E-state index contributed by atoms with van der Waals surface area (Å²) in [5, 5.41) is 26.4. The molecule has 158 valence electrons. The van der Waals surface area contributed by atoms with E-state index < -0.39 is 6.23 Å². The number of carbonyl (C=O) groups excluding carboxylic acids is 1. The Morgan fingerprint density at radius 3 is 2.72 bits per heavy atom. The van der Waals surface area contributed by atoms with E-state index in [0.29, 0.717) is 29.8 Å². The Balaban J connectivity index is 1.97. The van der Waals surface area contributed by atoms with Crippen LogP contribution in [0.2, 0.25) is 0 Å². The fraction of sp³-hybridized carbons (Fsp3) is 0.200. The molecule has 0 radical (unpaired) electrons. The van der Waals surface area contributed by atoms with Gasteiger partial charge in [-0.1, -0.05) is 18.2 Å². The summed E-state index contributed by atoms with van der Waals surface area (Å²) in [5.74, 6) is 0.408. The molecule has 0 saturated heterocycles. The van der Waals surface area contributed by atoms with Crippen LogP contribution in [-0.4, -0.2) is 27.3 Å². The standard InChI is InChI=1S/C25H20N4O3/c1-28-16-7-4-3-6-14(16)18-20-21(25(31)27-24(20)30)19-15-12-13(32-2)8-9-17(15)29(11-5-10-26)23(19)22(18)28/h3-4,6-9,12,25,31H,5,11H2,1-2H3,(H,27,30). The second kappa shape index (κ2) is 6.49. The maximum absolute atomic E-state index is 13.1. The molecule has 1 atom stereocenters. The molecule has 3 aromatic carbocycles. The first-order valence-corrected chi connectivity index (χ1v) is 10.5. The number of aliphatic hydroxyl groups excluding tert-OH is 1. The second-order valence-corrected chi connectivity index (χ2v) is 8.13. The quantitative estimate of drug-likeness (QED) is 0.456. The first-order valence-electron chi connectivity index (χ1n) is 10.5. The lowest BCUT2D eigenvalue weighted by molar-refractivity contribution is 0.0853. The van der Waals surface area contributed by atoms with Crippen molar-refractivity contribution < 1.29 is 14.6 Å². The zero-order valence-electron chi connectivity index (χ0n) is 17.6. The lowest BCUT2D eigenvalue weighted by Gasteiger charge is -2.11. The van der Waals surface area contributed by atoms with E-state index in [9.17, 15) is 15.2 Å². The van der Waals surface area contributed by atoms with Crippen molar-refractivity contribution in [2.75, 3.05) is 7.11 Å². The van der Waals surface area contributed by atoms with E-state index in [1.807, 2.05) is 49.5 Å². The van der Waals surface area contributed by atoms with Gasteiger partial charge in [0.2, 0.25) is 0 Å². The number of amides is 1. The summed E-state index contributed by atoms with van der Waals surface area (Å²) >= 11 is 0. The zero-order valence-corrected chi connectivity index (χ0v) is 17.6. The van der Waals surface area contributed by atoms with E-state index in [1.54, 1.807) is 7.11 Å². The molecule has 3 heterocycles. The molecule has 2 N–H and O–H groups in total. The number of nitrogens with one attached hydrogen (secondary N) is 1. The van der Waals surface area contributed by atoms with E-state index in [4.69, 9.17) is 4.74 Å². The van der Waals surface area contributed by atoms with Crippen molar-refractivity contribution in [3.63, 3.8) is 0 Å². The highest BCUT2D eigenvalue weighted by Gasteiger charge is 2.36. The molecule has 0 fully saturated rings. The second-order valence-electron chi connectivity index (χ2n) is 8.13. The molecule has 7 heteroatoms. The van der Waals surface area contributed by atoms with E-state index in [1.165, 1.54) is 0 Å². The number of methoxy groups -OCH3 is 1. The minimum absolute atomic E-state index is 0.281. The highest BCUT2D eigenvalue weighted by molar-refractivity contribution is 6.31. The van der Waals surface area contributed by atoms with Crippen molar-refractivity contribution in [3.8, 4) is 11.8 Å². The smallest absolute Gasteiger partial charge is 0.254 e. The van der Waals surface area contributed by atoms with E-state index >= 15 is 0 Å². The van der Waals surface area contributed by atoms with Crippen molar-refractivity contribution in [2.24, 2.45) is 7.05 Å². The summed E-state index contributed by atoms with van der Waals surface area (Å²) in [6, 6.07) is 16.0. The lowest BCUT2D eigenvalue weighted by Crippen LogP contribution is -2.18. The Morgan fingerprint density at radius 2 is 1.94 bits per heavy atom. The molecule has 1 unspecified atom stereocenters. The van der Waals surface area contributed by atoms with Gasteiger partial charge in [-0.15, -0.1) is 0 Å². The van der Waals surface area contributed by atoms with Crippen LogP contribution in [-0.2, 0) is 13.6 Å². The number of benzene rings is 3. The van der Waals surface area contributed by atoms with Gasteiger partial charge in [-0.3, -0.25) is 4.79 Å². The average Bonchev–Trinajstić information content (AvgIpc) is 3.39. The van der Waals surface area contributed by atoms with Gasteiger partial charge in [0.1, 0.15) is 5.75 Å². The Labute approximate surface area is 183 Å². The molecule has 0 saturated carbocycles. The number of nitrogens with zero attached hydrogens (tertiary/aromatic N) is 3. The highest BCUT2D eigenvalue weighted by Crippen LogP contribution is 2.47. The molecule has 1 aliphatic heterocycles. The first-order chi connectivity index (χ1) is 15.6. The fourth-order valence-electron chi connectivity index (χ4n) is 5.33. The molecule has 32 heavy (non-hydrogen) atoms. The van der Waals surface area contributed by atoms with Gasteiger partial charge in [-0.25, -0.2) is 0 Å². The number of para-hydroxylation sites is 1. The summed E-state index contributed by atoms with van der Waals surface area (Å²) in [4.78, 5) is 13.1. The van der Waals surface area contributed by atoms with Gasteiger partial charge >= 0.3 is 0 Å². The number of carbonyl (C=O) groups is 1. The molecule has 0 bridgehead atoms. The number of aromatic nitrogens is 2. The number of nitriles is 1.